The molecule has 1 aliphatic carbocycles. The molecule has 2 aromatic heterocycles. The van der Waals surface area contributed by atoms with Crippen LogP contribution in [0.4, 0.5) is 18.9 Å². The molecule has 3 aromatic rings. The molecule has 0 bridgehead atoms. The van der Waals surface area contributed by atoms with E-state index in [1.807, 2.05) is 0 Å². The van der Waals surface area contributed by atoms with Gasteiger partial charge in [0.25, 0.3) is 5.91 Å². The molecule has 1 saturated carbocycles. The number of rotatable bonds is 6. The molecule has 0 aliphatic heterocycles. The van der Waals surface area contributed by atoms with E-state index in [2.05, 4.69) is 15.7 Å². The number of hydrogen-bond donors (Lipinski definition) is 2. The van der Waals surface area contributed by atoms with Crippen LogP contribution in [0.25, 0.3) is 11.1 Å². The molecule has 2 amide bonds. The standard InChI is InChI=1S/C25H25ClF3N5O3/c1-14-21(18(26)8-11-34(14)37)17-6-5-16(12-19(17)27)31-24(36)22(15-4-3-9-25(28,29)13-15)32-23(35)20-7-10-30-33(20)2/h5-8,10-12,15,22H,3-4,9,13H2,1-2H3,(H,31,36)(H,32,35)/t15-,22?/m0/s1. The SMILES string of the molecule is Cc1c(-c2ccc(NC(=O)C(NC(=O)c3ccnn3C)[C@H]3CCCC(F)(F)C3)cc2F)c(Cl)cc[n+]1[O-]. The van der Waals surface area contributed by atoms with Gasteiger partial charge in [-0.15, -0.1) is 0 Å². The Hall–Kier alpha value is -3.60. The van der Waals surface area contributed by atoms with Gasteiger partial charge >= 0.3 is 0 Å². The first-order valence-corrected chi connectivity index (χ1v) is 12.0. The number of amides is 2. The van der Waals surface area contributed by atoms with Crippen LogP contribution >= 0.6 is 11.6 Å². The molecule has 1 aromatic carbocycles. The van der Waals surface area contributed by atoms with Crippen molar-refractivity contribution in [3.05, 3.63) is 70.2 Å². The van der Waals surface area contributed by atoms with Crippen molar-refractivity contribution in [3.8, 4) is 11.1 Å². The second kappa shape index (κ2) is 10.4. The van der Waals surface area contributed by atoms with E-state index in [0.717, 1.165) is 6.07 Å². The number of nitrogens with one attached hydrogen (secondary N) is 2. The zero-order chi connectivity index (χ0) is 26.9. The summed E-state index contributed by atoms with van der Waals surface area (Å²) in [6.45, 7) is 1.50. The number of alkyl halides is 2. The third-order valence-corrected chi connectivity index (χ3v) is 6.88. The van der Waals surface area contributed by atoms with Gasteiger partial charge in [-0.25, -0.2) is 13.2 Å². The van der Waals surface area contributed by atoms with Gasteiger partial charge in [0.2, 0.25) is 11.8 Å². The summed E-state index contributed by atoms with van der Waals surface area (Å²) in [7, 11) is 1.54. The van der Waals surface area contributed by atoms with Gasteiger partial charge < -0.3 is 15.8 Å². The number of carbonyl (C=O) groups is 2. The Morgan fingerprint density at radius 1 is 1.30 bits per heavy atom. The Bertz CT molecular complexity index is 1350. The summed E-state index contributed by atoms with van der Waals surface area (Å²) in [5, 5.41) is 21.1. The third kappa shape index (κ3) is 5.71. The fraction of sp³-hybridized carbons (Fsp3) is 0.360. The lowest BCUT2D eigenvalue weighted by Gasteiger charge is -2.34. The van der Waals surface area contributed by atoms with Crippen molar-refractivity contribution >= 4 is 29.1 Å². The van der Waals surface area contributed by atoms with Crippen molar-refractivity contribution in [1.82, 2.24) is 15.1 Å². The van der Waals surface area contributed by atoms with Crippen molar-refractivity contribution in [2.24, 2.45) is 13.0 Å². The summed E-state index contributed by atoms with van der Waals surface area (Å²) in [5.74, 6) is -5.94. The van der Waals surface area contributed by atoms with Gasteiger partial charge in [0.15, 0.2) is 11.9 Å². The van der Waals surface area contributed by atoms with Gasteiger partial charge in [-0.3, -0.25) is 14.3 Å². The van der Waals surface area contributed by atoms with E-state index in [4.69, 9.17) is 11.6 Å². The Kier molecular flexibility index (Phi) is 7.44. The monoisotopic (exact) mass is 535 g/mol. The van der Waals surface area contributed by atoms with Crippen LogP contribution in [0.3, 0.4) is 0 Å². The largest absolute Gasteiger partial charge is 0.618 e. The summed E-state index contributed by atoms with van der Waals surface area (Å²) >= 11 is 6.19. The minimum absolute atomic E-state index is 0.0494. The fourth-order valence-electron chi connectivity index (χ4n) is 4.65. The van der Waals surface area contributed by atoms with Crippen LogP contribution in [0.15, 0.2) is 42.7 Å². The zero-order valence-electron chi connectivity index (χ0n) is 20.1. The molecule has 196 valence electrons. The first-order valence-electron chi connectivity index (χ1n) is 11.6. The zero-order valence-corrected chi connectivity index (χ0v) is 20.9. The molecule has 2 N–H and O–H groups in total. The topological polar surface area (TPSA) is 103 Å². The quantitative estimate of drug-likeness (QED) is 0.361. The molecule has 1 unspecified atom stereocenters. The van der Waals surface area contributed by atoms with E-state index < -0.39 is 41.9 Å². The first-order chi connectivity index (χ1) is 17.5. The summed E-state index contributed by atoms with van der Waals surface area (Å²) in [4.78, 5) is 26.1. The highest BCUT2D eigenvalue weighted by atomic mass is 35.5. The van der Waals surface area contributed by atoms with Crippen LogP contribution in [-0.2, 0) is 11.8 Å². The van der Waals surface area contributed by atoms with Gasteiger partial charge in [0.05, 0.1) is 10.6 Å². The predicted molar refractivity (Wildman–Crippen MR) is 131 cm³/mol. The van der Waals surface area contributed by atoms with Crippen molar-refractivity contribution in [3.63, 3.8) is 0 Å². The van der Waals surface area contributed by atoms with Crippen LogP contribution in [0.5, 0.6) is 0 Å². The normalized spacial score (nSPS) is 17.7. The lowest BCUT2D eigenvalue weighted by atomic mass is 9.81. The lowest BCUT2D eigenvalue weighted by molar-refractivity contribution is -0.611. The molecule has 2 heterocycles. The van der Waals surface area contributed by atoms with Crippen molar-refractivity contribution < 1.29 is 27.5 Å². The lowest BCUT2D eigenvalue weighted by Crippen LogP contribution is -2.51. The van der Waals surface area contributed by atoms with E-state index in [1.165, 1.54) is 55.3 Å². The van der Waals surface area contributed by atoms with Crippen LogP contribution < -0.4 is 15.4 Å². The number of pyridine rings is 1. The summed E-state index contributed by atoms with van der Waals surface area (Å²) < 4.78 is 45.3. The summed E-state index contributed by atoms with van der Waals surface area (Å²) in [6, 6.07) is 5.31. The molecule has 2 atom stereocenters. The maximum absolute atomic E-state index is 15.1. The molecule has 1 aliphatic rings. The van der Waals surface area contributed by atoms with E-state index in [0.29, 0.717) is 11.2 Å². The second-order valence-electron chi connectivity index (χ2n) is 9.14. The van der Waals surface area contributed by atoms with Gasteiger partial charge in [-0.2, -0.15) is 9.83 Å². The Morgan fingerprint density at radius 3 is 2.70 bits per heavy atom. The van der Waals surface area contributed by atoms with Crippen molar-refractivity contribution in [2.45, 2.75) is 44.6 Å². The number of benzene rings is 1. The Labute approximate surface area is 216 Å². The predicted octanol–water partition coefficient (Wildman–Crippen LogP) is 4.38. The number of aromatic nitrogens is 3. The van der Waals surface area contributed by atoms with Crippen molar-refractivity contribution in [1.29, 1.82) is 0 Å². The summed E-state index contributed by atoms with van der Waals surface area (Å²) in [5.41, 5.74) is 0.660. The molecule has 1 fully saturated rings. The Morgan fingerprint density at radius 2 is 2.05 bits per heavy atom. The molecule has 8 nitrogen and oxygen atoms in total. The second-order valence-corrected chi connectivity index (χ2v) is 9.54. The van der Waals surface area contributed by atoms with Gasteiger partial charge in [-0.1, -0.05) is 11.6 Å². The Balaban J connectivity index is 1.59. The highest BCUT2D eigenvalue weighted by Gasteiger charge is 2.42. The van der Waals surface area contributed by atoms with Gasteiger partial charge in [0.1, 0.15) is 17.6 Å². The van der Waals surface area contributed by atoms with E-state index >= 15 is 4.39 Å². The molecular weight excluding hydrogens is 511 g/mol. The average Bonchev–Trinajstić information content (AvgIpc) is 3.26. The molecule has 12 heteroatoms. The molecule has 4 rings (SSSR count). The minimum atomic E-state index is -2.96. The molecule has 37 heavy (non-hydrogen) atoms. The van der Waals surface area contributed by atoms with E-state index in [1.54, 1.807) is 0 Å². The van der Waals surface area contributed by atoms with Crippen LogP contribution in [0.2, 0.25) is 5.02 Å². The number of nitrogens with zero attached hydrogens (tertiary/aromatic N) is 3. The smallest absolute Gasteiger partial charge is 0.270 e. The number of anilines is 1. The van der Waals surface area contributed by atoms with Crippen LogP contribution in [0.1, 0.15) is 41.9 Å². The number of hydrogen-bond acceptors (Lipinski definition) is 4. The van der Waals surface area contributed by atoms with Crippen LogP contribution in [0, 0.1) is 23.9 Å². The third-order valence-electron chi connectivity index (χ3n) is 6.57. The number of carbonyl (C=O) groups excluding carboxylic acids is 2. The maximum atomic E-state index is 15.1. The highest BCUT2D eigenvalue weighted by molar-refractivity contribution is 6.33. The molecule has 0 saturated heterocycles. The molecule has 0 radical (unpaired) electrons. The fourth-order valence-corrected chi connectivity index (χ4v) is 4.95. The maximum Gasteiger partial charge on any atom is 0.270 e. The molecular formula is C25H25ClF3N5O3. The van der Waals surface area contributed by atoms with Crippen LogP contribution in [-0.4, -0.2) is 33.6 Å². The highest BCUT2D eigenvalue weighted by Crippen LogP contribution is 2.38. The van der Waals surface area contributed by atoms with Gasteiger partial charge in [-0.05, 0) is 43.0 Å². The average molecular weight is 536 g/mol. The van der Waals surface area contributed by atoms with Gasteiger partial charge in [0, 0.05) is 50.3 Å². The molecule has 0 spiro atoms. The van der Waals surface area contributed by atoms with Crippen molar-refractivity contribution in [2.75, 3.05) is 5.32 Å². The minimum Gasteiger partial charge on any atom is -0.618 e. The first kappa shape index (κ1) is 26.5. The number of aryl methyl sites for hydroxylation is 1. The van der Waals surface area contributed by atoms with E-state index in [9.17, 15) is 23.6 Å². The summed E-state index contributed by atoms with van der Waals surface area (Å²) in [6.07, 6.45) is 2.27. The van der Waals surface area contributed by atoms with E-state index in [-0.39, 0.29) is 46.1 Å². The number of halogens is 4.